The molecule has 31 heavy (non-hydrogen) atoms. The maximum Gasteiger partial charge on any atom is 0.416 e. The van der Waals surface area contributed by atoms with E-state index in [2.05, 4.69) is 31.5 Å². The van der Waals surface area contributed by atoms with E-state index in [-0.39, 0.29) is 23.4 Å². The minimum absolute atomic E-state index is 0.174. The number of alkyl halides is 3. The Balaban J connectivity index is 0.000000318. The largest absolute Gasteiger partial charge is 0.416 e. The number of hydrogen-bond acceptors (Lipinski definition) is 2. The van der Waals surface area contributed by atoms with Crippen LogP contribution in [0.1, 0.15) is 38.8 Å². The molecule has 1 N–H and O–H groups in total. The summed E-state index contributed by atoms with van der Waals surface area (Å²) >= 11 is 0. The van der Waals surface area contributed by atoms with Gasteiger partial charge in [-0.05, 0) is 61.6 Å². The van der Waals surface area contributed by atoms with E-state index in [1.54, 1.807) is 19.9 Å². The molecule has 0 amide bonds. The van der Waals surface area contributed by atoms with Gasteiger partial charge in [0.1, 0.15) is 17.6 Å². The third kappa shape index (κ3) is 6.45. The Bertz CT molecular complexity index is 972. The second-order valence-corrected chi connectivity index (χ2v) is 7.41. The molecule has 0 aliphatic carbocycles. The Hall–Kier alpha value is -3.07. The van der Waals surface area contributed by atoms with Crippen molar-refractivity contribution in [2.75, 3.05) is 0 Å². The van der Waals surface area contributed by atoms with E-state index in [0.29, 0.717) is 16.8 Å². The van der Waals surface area contributed by atoms with Gasteiger partial charge in [-0.2, -0.15) is 18.4 Å². The molecule has 1 aromatic rings. The second-order valence-electron chi connectivity index (χ2n) is 7.41. The summed E-state index contributed by atoms with van der Waals surface area (Å²) in [6, 6.07) is 7.51. The van der Waals surface area contributed by atoms with Crippen molar-refractivity contribution in [3.05, 3.63) is 88.9 Å². The van der Waals surface area contributed by atoms with Crippen LogP contribution in [0.3, 0.4) is 0 Å². The first kappa shape index (κ1) is 26.0. The van der Waals surface area contributed by atoms with Crippen LogP contribution >= 0.6 is 0 Å². The van der Waals surface area contributed by atoms with Crippen LogP contribution < -0.4 is 5.32 Å². The lowest BCUT2D eigenvalue weighted by molar-refractivity contribution is -0.0893. The number of benzene rings is 1. The van der Waals surface area contributed by atoms with Gasteiger partial charge in [-0.15, -0.1) is 0 Å². The van der Waals surface area contributed by atoms with Gasteiger partial charge >= 0.3 is 6.18 Å². The summed E-state index contributed by atoms with van der Waals surface area (Å²) in [5.41, 5.74) is 2.91. The van der Waals surface area contributed by atoms with E-state index in [9.17, 15) is 17.6 Å². The summed E-state index contributed by atoms with van der Waals surface area (Å²) in [5, 5.41) is 12.2. The van der Waals surface area contributed by atoms with Crippen LogP contribution in [0.15, 0.2) is 72.0 Å². The molecular formula is C25H28F4N2. The SMILES string of the molecule is C=C/C=C(\C(C)=C(/C)C=C)C(F)(F)F.Cc1ccc(C2=C(C#N)NC(C)C2C)cc1F. The number of aryl methyl sites for hydroxylation is 1. The fourth-order valence-electron chi connectivity index (χ4n) is 3.08. The molecule has 1 heterocycles. The Kier molecular flexibility index (Phi) is 9.05. The van der Waals surface area contributed by atoms with Crippen molar-refractivity contribution in [1.29, 1.82) is 5.26 Å². The minimum atomic E-state index is -4.34. The van der Waals surface area contributed by atoms with Gasteiger partial charge in [-0.1, -0.05) is 50.4 Å². The normalized spacial score (nSPS) is 19.5. The molecule has 2 unspecified atom stereocenters. The second kappa shape index (κ2) is 10.8. The maximum atomic E-state index is 13.6. The van der Waals surface area contributed by atoms with Crippen LogP contribution in [-0.4, -0.2) is 12.2 Å². The Morgan fingerprint density at radius 1 is 1.19 bits per heavy atom. The monoisotopic (exact) mass is 432 g/mol. The average molecular weight is 433 g/mol. The van der Waals surface area contributed by atoms with Gasteiger partial charge in [-0.25, -0.2) is 4.39 Å². The molecule has 2 atom stereocenters. The van der Waals surface area contributed by atoms with Crippen molar-refractivity contribution < 1.29 is 17.6 Å². The van der Waals surface area contributed by atoms with Gasteiger partial charge in [0.25, 0.3) is 0 Å². The number of nitrogens with one attached hydrogen (secondary N) is 1. The fourth-order valence-corrected chi connectivity index (χ4v) is 3.08. The van der Waals surface area contributed by atoms with Crippen LogP contribution in [0.5, 0.6) is 0 Å². The first-order valence-electron chi connectivity index (χ1n) is 9.76. The van der Waals surface area contributed by atoms with Crippen molar-refractivity contribution in [3.8, 4) is 6.07 Å². The van der Waals surface area contributed by atoms with E-state index in [0.717, 1.165) is 23.3 Å². The molecule has 0 fully saturated rings. The van der Waals surface area contributed by atoms with Crippen molar-refractivity contribution in [3.63, 3.8) is 0 Å². The highest BCUT2D eigenvalue weighted by Crippen LogP contribution is 2.34. The molecule has 0 bridgehead atoms. The summed E-state index contributed by atoms with van der Waals surface area (Å²) in [7, 11) is 0. The summed E-state index contributed by atoms with van der Waals surface area (Å²) in [6.07, 6.45) is -0.856. The molecule has 0 spiro atoms. The lowest BCUT2D eigenvalue weighted by Crippen LogP contribution is -2.22. The molecule has 1 aliphatic rings. The number of allylic oxidation sites excluding steroid dienone is 7. The van der Waals surface area contributed by atoms with Gasteiger partial charge in [0.05, 0.1) is 5.57 Å². The van der Waals surface area contributed by atoms with Crippen molar-refractivity contribution >= 4 is 5.57 Å². The van der Waals surface area contributed by atoms with Gasteiger partial charge in [0, 0.05) is 12.0 Å². The van der Waals surface area contributed by atoms with E-state index in [4.69, 9.17) is 5.26 Å². The highest BCUT2D eigenvalue weighted by Gasteiger charge is 2.34. The Labute approximate surface area is 182 Å². The number of hydrogen-bond donors (Lipinski definition) is 1. The van der Waals surface area contributed by atoms with Gasteiger partial charge in [-0.3, -0.25) is 0 Å². The fraction of sp³-hybridized carbons (Fsp3) is 0.320. The molecule has 2 rings (SSSR count). The number of nitrogens with zero attached hydrogens (tertiary/aromatic N) is 1. The van der Waals surface area contributed by atoms with Gasteiger partial charge in [0.15, 0.2) is 0 Å². The third-order valence-corrected chi connectivity index (χ3v) is 5.33. The van der Waals surface area contributed by atoms with Crippen LogP contribution in [0.4, 0.5) is 17.6 Å². The predicted molar refractivity (Wildman–Crippen MR) is 118 cm³/mol. The summed E-state index contributed by atoms with van der Waals surface area (Å²) < 4.78 is 51.0. The predicted octanol–water partition coefficient (Wildman–Crippen LogP) is 7.18. The van der Waals surface area contributed by atoms with E-state index in [1.807, 2.05) is 13.0 Å². The van der Waals surface area contributed by atoms with Crippen LogP contribution in [0.2, 0.25) is 0 Å². The zero-order chi connectivity index (χ0) is 23.9. The standard InChI is InChI=1S/C14H15FN2.C11H13F3/c1-8-4-5-11(6-12(8)15)14-9(2)10(3)17-13(14)7-16;1-5-7-10(11(12,13)14)9(4)8(3)6-2/h4-6,9-10,17H,1-3H3;5-7H,1-2H2,3-4H3/b;9-8+,10-7+. The van der Waals surface area contributed by atoms with Crippen LogP contribution in [0.25, 0.3) is 5.57 Å². The number of halogens is 4. The quantitative estimate of drug-likeness (QED) is 0.404. The number of nitriles is 1. The highest BCUT2D eigenvalue weighted by atomic mass is 19.4. The zero-order valence-corrected chi connectivity index (χ0v) is 18.5. The van der Waals surface area contributed by atoms with E-state index in [1.165, 1.54) is 19.1 Å². The molecule has 0 saturated carbocycles. The molecule has 1 aromatic carbocycles. The topological polar surface area (TPSA) is 35.8 Å². The first-order valence-corrected chi connectivity index (χ1v) is 9.76. The highest BCUT2D eigenvalue weighted by molar-refractivity contribution is 5.75. The summed E-state index contributed by atoms with van der Waals surface area (Å²) in [4.78, 5) is 0. The Morgan fingerprint density at radius 2 is 1.81 bits per heavy atom. The van der Waals surface area contributed by atoms with Gasteiger partial charge in [0.2, 0.25) is 0 Å². The average Bonchev–Trinajstić information content (AvgIpc) is 3.00. The third-order valence-electron chi connectivity index (χ3n) is 5.33. The zero-order valence-electron chi connectivity index (χ0n) is 18.5. The molecule has 0 radical (unpaired) electrons. The lowest BCUT2D eigenvalue weighted by atomic mass is 9.91. The molecule has 1 aliphatic heterocycles. The Morgan fingerprint density at radius 3 is 2.26 bits per heavy atom. The lowest BCUT2D eigenvalue weighted by Gasteiger charge is -2.13. The molecular weight excluding hydrogens is 404 g/mol. The van der Waals surface area contributed by atoms with Crippen LogP contribution in [-0.2, 0) is 0 Å². The maximum absolute atomic E-state index is 13.6. The van der Waals surface area contributed by atoms with Crippen LogP contribution in [0, 0.1) is 30.0 Å². The van der Waals surface area contributed by atoms with E-state index < -0.39 is 11.7 Å². The number of rotatable bonds is 4. The first-order chi connectivity index (χ1) is 14.4. The minimum Gasteiger partial charge on any atom is -0.373 e. The van der Waals surface area contributed by atoms with Crippen molar-refractivity contribution in [1.82, 2.24) is 5.32 Å². The summed E-state index contributed by atoms with van der Waals surface area (Å²) in [5.74, 6) is -0.00852. The molecule has 0 saturated heterocycles. The van der Waals surface area contributed by atoms with Crippen molar-refractivity contribution in [2.24, 2.45) is 5.92 Å². The van der Waals surface area contributed by atoms with Gasteiger partial charge < -0.3 is 5.32 Å². The molecule has 166 valence electrons. The molecule has 2 nitrogen and oxygen atoms in total. The molecule has 0 aromatic heterocycles. The smallest absolute Gasteiger partial charge is 0.373 e. The van der Waals surface area contributed by atoms with Crippen molar-refractivity contribution in [2.45, 2.75) is 46.8 Å². The summed E-state index contributed by atoms with van der Waals surface area (Å²) in [6.45, 7) is 15.5. The van der Waals surface area contributed by atoms with E-state index >= 15 is 0 Å². The molecule has 6 heteroatoms.